The SMILES string of the molecule is O=C(CN1CCOCC1)Nc1ccc(-c2ccnc(Nc3ccccc3)n2)cc1. The highest BCUT2D eigenvalue weighted by atomic mass is 16.5. The van der Waals surface area contributed by atoms with Gasteiger partial charge in [-0.25, -0.2) is 9.97 Å². The highest BCUT2D eigenvalue weighted by molar-refractivity contribution is 5.92. The first-order valence-electron chi connectivity index (χ1n) is 9.62. The predicted octanol–water partition coefficient (Wildman–Crippen LogP) is 3.16. The molecule has 1 aliphatic rings. The number of hydrogen-bond donors (Lipinski definition) is 2. The van der Waals surface area contributed by atoms with Gasteiger partial charge in [-0.3, -0.25) is 9.69 Å². The third kappa shape index (κ3) is 5.37. The molecule has 4 rings (SSSR count). The molecule has 0 atom stereocenters. The molecular weight excluding hydrogens is 366 g/mol. The van der Waals surface area contributed by atoms with Crippen molar-refractivity contribution in [2.24, 2.45) is 0 Å². The van der Waals surface area contributed by atoms with E-state index in [9.17, 15) is 4.79 Å². The van der Waals surface area contributed by atoms with Gasteiger partial charge in [-0.2, -0.15) is 0 Å². The Morgan fingerprint density at radius 1 is 0.966 bits per heavy atom. The fourth-order valence-corrected chi connectivity index (χ4v) is 3.12. The van der Waals surface area contributed by atoms with Gasteiger partial charge in [0.05, 0.1) is 25.5 Å². The van der Waals surface area contributed by atoms with Crippen molar-refractivity contribution in [2.45, 2.75) is 0 Å². The van der Waals surface area contributed by atoms with Crippen LogP contribution in [0.5, 0.6) is 0 Å². The number of amides is 1. The number of carbonyl (C=O) groups excluding carboxylic acids is 1. The topological polar surface area (TPSA) is 79.4 Å². The van der Waals surface area contributed by atoms with Gasteiger partial charge in [-0.1, -0.05) is 30.3 Å². The molecule has 0 bridgehead atoms. The van der Waals surface area contributed by atoms with E-state index >= 15 is 0 Å². The van der Waals surface area contributed by atoms with Gasteiger partial charge in [0.2, 0.25) is 11.9 Å². The van der Waals surface area contributed by atoms with Crippen molar-refractivity contribution in [2.75, 3.05) is 43.5 Å². The summed E-state index contributed by atoms with van der Waals surface area (Å²) >= 11 is 0. The summed E-state index contributed by atoms with van der Waals surface area (Å²) in [6, 6.07) is 19.3. The number of benzene rings is 2. The Hall–Kier alpha value is -3.29. The summed E-state index contributed by atoms with van der Waals surface area (Å²) in [6.07, 6.45) is 1.73. The largest absolute Gasteiger partial charge is 0.379 e. The molecule has 1 saturated heterocycles. The lowest BCUT2D eigenvalue weighted by Gasteiger charge is -2.25. The van der Waals surface area contributed by atoms with Crippen molar-refractivity contribution in [1.29, 1.82) is 0 Å². The van der Waals surface area contributed by atoms with Gasteiger partial charge in [-0.05, 0) is 30.3 Å². The van der Waals surface area contributed by atoms with Crippen LogP contribution < -0.4 is 10.6 Å². The van der Waals surface area contributed by atoms with Crippen LogP contribution in [0.1, 0.15) is 0 Å². The molecule has 29 heavy (non-hydrogen) atoms. The van der Waals surface area contributed by atoms with Crippen LogP contribution in [0.4, 0.5) is 17.3 Å². The molecule has 0 unspecified atom stereocenters. The second-order valence-corrected chi connectivity index (χ2v) is 6.77. The van der Waals surface area contributed by atoms with Gasteiger partial charge in [0.15, 0.2) is 0 Å². The summed E-state index contributed by atoms with van der Waals surface area (Å²) in [6.45, 7) is 3.33. The fraction of sp³-hybridized carbons (Fsp3) is 0.227. The van der Waals surface area contributed by atoms with Gasteiger partial charge >= 0.3 is 0 Å². The zero-order valence-corrected chi connectivity index (χ0v) is 16.0. The van der Waals surface area contributed by atoms with E-state index in [2.05, 4.69) is 25.5 Å². The van der Waals surface area contributed by atoms with Crippen molar-refractivity contribution < 1.29 is 9.53 Å². The van der Waals surface area contributed by atoms with E-state index in [1.807, 2.05) is 60.7 Å². The van der Waals surface area contributed by atoms with E-state index < -0.39 is 0 Å². The molecule has 2 aromatic carbocycles. The number of rotatable bonds is 6. The number of hydrogen-bond acceptors (Lipinski definition) is 6. The van der Waals surface area contributed by atoms with Crippen molar-refractivity contribution >= 4 is 23.2 Å². The van der Waals surface area contributed by atoms with Crippen LogP contribution in [-0.4, -0.2) is 53.6 Å². The monoisotopic (exact) mass is 389 g/mol. The first-order valence-corrected chi connectivity index (χ1v) is 9.62. The molecule has 0 aliphatic carbocycles. The third-order valence-electron chi connectivity index (χ3n) is 4.62. The van der Waals surface area contributed by atoms with Gasteiger partial charge in [-0.15, -0.1) is 0 Å². The van der Waals surface area contributed by atoms with E-state index in [0.29, 0.717) is 25.7 Å². The van der Waals surface area contributed by atoms with Gasteiger partial charge in [0.1, 0.15) is 0 Å². The molecule has 7 heteroatoms. The number of nitrogens with zero attached hydrogens (tertiary/aromatic N) is 3. The molecule has 0 radical (unpaired) electrons. The third-order valence-corrected chi connectivity index (χ3v) is 4.62. The molecule has 7 nitrogen and oxygen atoms in total. The van der Waals surface area contributed by atoms with Gasteiger partial charge in [0.25, 0.3) is 0 Å². The standard InChI is InChI=1S/C22H23N5O2/c28-21(16-27-12-14-29-15-13-27)24-19-8-6-17(7-9-19)20-10-11-23-22(26-20)25-18-4-2-1-3-5-18/h1-11H,12-16H2,(H,24,28)(H,23,25,26). The Kier molecular flexibility index (Phi) is 6.09. The Morgan fingerprint density at radius 2 is 1.72 bits per heavy atom. The van der Waals surface area contributed by atoms with Gasteiger partial charge in [0, 0.05) is 36.2 Å². The number of carbonyl (C=O) groups is 1. The molecule has 2 N–H and O–H groups in total. The van der Waals surface area contributed by atoms with Crippen LogP contribution in [0.2, 0.25) is 0 Å². The highest BCUT2D eigenvalue weighted by Crippen LogP contribution is 2.21. The molecule has 2 heterocycles. The van der Waals surface area contributed by atoms with E-state index in [0.717, 1.165) is 35.7 Å². The summed E-state index contributed by atoms with van der Waals surface area (Å²) in [7, 11) is 0. The van der Waals surface area contributed by atoms with Crippen LogP contribution in [0, 0.1) is 0 Å². The molecular formula is C22H23N5O2. The summed E-state index contributed by atoms with van der Waals surface area (Å²) in [5, 5.41) is 6.14. The zero-order valence-electron chi connectivity index (χ0n) is 16.0. The van der Waals surface area contributed by atoms with Gasteiger partial charge < -0.3 is 15.4 Å². The summed E-state index contributed by atoms with van der Waals surface area (Å²) in [4.78, 5) is 23.2. The second-order valence-electron chi connectivity index (χ2n) is 6.77. The lowest BCUT2D eigenvalue weighted by Crippen LogP contribution is -2.41. The molecule has 0 spiro atoms. The first-order chi connectivity index (χ1) is 14.3. The van der Waals surface area contributed by atoms with Crippen LogP contribution in [-0.2, 0) is 9.53 Å². The molecule has 0 saturated carbocycles. The minimum Gasteiger partial charge on any atom is -0.379 e. The molecule has 1 aliphatic heterocycles. The smallest absolute Gasteiger partial charge is 0.238 e. The maximum atomic E-state index is 12.2. The number of morpholine rings is 1. The molecule has 1 amide bonds. The van der Waals surface area contributed by atoms with Crippen LogP contribution in [0.15, 0.2) is 66.9 Å². The molecule has 1 aromatic heterocycles. The minimum absolute atomic E-state index is 0.0176. The van der Waals surface area contributed by atoms with Crippen LogP contribution >= 0.6 is 0 Å². The average molecular weight is 389 g/mol. The number of nitrogens with one attached hydrogen (secondary N) is 2. The Labute approximate surface area is 169 Å². The second kappa shape index (κ2) is 9.27. The first kappa shape index (κ1) is 19.0. The molecule has 1 fully saturated rings. The number of anilines is 3. The van der Waals surface area contributed by atoms with E-state index in [4.69, 9.17) is 4.74 Å². The number of ether oxygens (including phenoxy) is 1. The predicted molar refractivity (Wildman–Crippen MR) is 113 cm³/mol. The maximum Gasteiger partial charge on any atom is 0.238 e. The van der Waals surface area contributed by atoms with Crippen molar-refractivity contribution in [3.63, 3.8) is 0 Å². The average Bonchev–Trinajstić information content (AvgIpc) is 2.76. The fourth-order valence-electron chi connectivity index (χ4n) is 3.12. The number of para-hydroxylation sites is 1. The Bertz CT molecular complexity index is 941. The number of aromatic nitrogens is 2. The van der Waals surface area contributed by atoms with E-state index in [1.54, 1.807) is 6.20 Å². The lowest BCUT2D eigenvalue weighted by molar-refractivity contribution is -0.118. The summed E-state index contributed by atoms with van der Waals surface area (Å²) in [5.41, 5.74) is 3.46. The van der Waals surface area contributed by atoms with Crippen LogP contribution in [0.25, 0.3) is 11.3 Å². The van der Waals surface area contributed by atoms with Crippen molar-refractivity contribution in [3.8, 4) is 11.3 Å². The highest BCUT2D eigenvalue weighted by Gasteiger charge is 2.14. The lowest BCUT2D eigenvalue weighted by atomic mass is 10.1. The van der Waals surface area contributed by atoms with Crippen molar-refractivity contribution in [3.05, 3.63) is 66.9 Å². The quantitative estimate of drug-likeness (QED) is 0.674. The zero-order chi connectivity index (χ0) is 19.9. The summed E-state index contributed by atoms with van der Waals surface area (Å²) in [5.74, 6) is 0.521. The Morgan fingerprint density at radius 3 is 2.48 bits per heavy atom. The van der Waals surface area contributed by atoms with Crippen molar-refractivity contribution in [1.82, 2.24) is 14.9 Å². The molecule has 3 aromatic rings. The van der Waals surface area contributed by atoms with E-state index in [-0.39, 0.29) is 5.91 Å². The summed E-state index contributed by atoms with van der Waals surface area (Å²) < 4.78 is 5.31. The molecule has 148 valence electrons. The van der Waals surface area contributed by atoms with E-state index in [1.165, 1.54) is 0 Å². The normalized spacial score (nSPS) is 14.3. The minimum atomic E-state index is -0.0176. The maximum absolute atomic E-state index is 12.2. The Balaban J connectivity index is 1.38. The van der Waals surface area contributed by atoms with Crippen LogP contribution in [0.3, 0.4) is 0 Å².